The summed E-state index contributed by atoms with van der Waals surface area (Å²) in [7, 11) is 0. The van der Waals surface area contributed by atoms with Crippen LogP contribution in [-0.4, -0.2) is 6.67 Å². The zero-order valence-electron chi connectivity index (χ0n) is 6.19. The van der Waals surface area contributed by atoms with Crippen LogP contribution in [0.25, 0.3) is 0 Å². The van der Waals surface area contributed by atoms with Crippen molar-refractivity contribution in [3.63, 3.8) is 0 Å². The van der Waals surface area contributed by atoms with Gasteiger partial charge in [0.1, 0.15) is 0 Å². The highest BCUT2D eigenvalue weighted by molar-refractivity contribution is 9.13. The van der Waals surface area contributed by atoms with E-state index in [9.17, 15) is 4.39 Å². The highest BCUT2D eigenvalue weighted by Gasteiger charge is 2.10. The highest BCUT2D eigenvalue weighted by atomic mass is 79.9. The second-order valence-electron chi connectivity index (χ2n) is 2.35. The van der Waals surface area contributed by atoms with Crippen LogP contribution in [-0.2, 0) is 0 Å². The second-order valence-corrected chi connectivity index (χ2v) is 5.61. The summed E-state index contributed by atoms with van der Waals surface area (Å²) < 4.78 is 13.9. The molecule has 0 amide bonds. The fourth-order valence-electron chi connectivity index (χ4n) is 0.806. The summed E-state index contributed by atoms with van der Waals surface area (Å²) >= 11 is 8.25. The number of hydrogen-bond donors (Lipinski definition) is 1. The molecule has 0 fully saturated rings. The molecule has 0 saturated carbocycles. The van der Waals surface area contributed by atoms with E-state index in [1.54, 1.807) is 11.3 Å². The first-order chi connectivity index (χ1) is 5.65. The Labute approximate surface area is 91.4 Å². The number of rotatable bonds is 3. The molecule has 0 aromatic carbocycles. The summed E-state index contributed by atoms with van der Waals surface area (Å²) in [5.41, 5.74) is 5.72. The van der Waals surface area contributed by atoms with Crippen molar-refractivity contribution in [2.45, 2.75) is 12.5 Å². The van der Waals surface area contributed by atoms with Gasteiger partial charge in [-0.15, -0.1) is 11.3 Å². The first-order valence-corrected chi connectivity index (χ1v) is 5.81. The minimum absolute atomic E-state index is 0.178. The maximum atomic E-state index is 11.9. The summed E-state index contributed by atoms with van der Waals surface area (Å²) in [4.78, 5) is 1.01. The van der Waals surface area contributed by atoms with Gasteiger partial charge in [-0.1, -0.05) is 0 Å². The third kappa shape index (κ3) is 2.52. The largest absolute Gasteiger partial charge is 0.323 e. The Morgan fingerprint density at radius 1 is 1.58 bits per heavy atom. The summed E-state index contributed by atoms with van der Waals surface area (Å²) in [6.07, 6.45) is 0.388. The molecule has 0 saturated heterocycles. The predicted octanol–water partition coefficient (Wildman–Crippen LogP) is 3.63. The van der Waals surface area contributed by atoms with Gasteiger partial charge in [0.2, 0.25) is 0 Å². The number of alkyl halides is 1. The van der Waals surface area contributed by atoms with Gasteiger partial charge < -0.3 is 5.73 Å². The van der Waals surface area contributed by atoms with Crippen LogP contribution in [0.1, 0.15) is 17.3 Å². The Bertz CT molecular complexity index is 244. The van der Waals surface area contributed by atoms with Crippen molar-refractivity contribution in [1.82, 2.24) is 0 Å². The Balaban J connectivity index is 2.74. The molecule has 1 atom stereocenters. The molecule has 1 aromatic rings. The van der Waals surface area contributed by atoms with Crippen molar-refractivity contribution in [1.29, 1.82) is 0 Å². The first-order valence-electron chi connectivity index (χ1n) is 3.41. The summed E-state index contributed by atoms with van der Waals surface area (Å²) in [6.45, 7) is -0.367. The van der Waals surface area contributed by atoms with Crippen LogP contribution in [0.4, 0.5) is 4.39 Å². The van der Waals surface area contributed by atoms with Gasteiger partial charge in [-0.2, -0.15) is 0 Å². The van der Waals surface area contributed by atoms with E-state index in [2.05, 4.69) is 31.9 Å². The molecule has 2 N–H and O–H groups in total. The van der Waals surface area contributed by atoms with Crippen LogP contribution in [0.5, 0.6) is 0 Å². The van der Waals surface area contributed by atoms with Crippen LogP contribution >= 0.6 is 43.2 Å². The molecule has 0 spiro atoms. The standard InChI is InChI=1S/C7H8Br2FNS/c8-4-3-6(12-7(4)9)5(11)1-2-10/h3,5H,1-2,11H2/t5-/m0/s1. The zero-order chi connectivity index (χ0) is 9.14. The van der Waals surface area contributed by atoms with Crippen molar-refractivity contribution < 1.29 is 4.39 Å². The van der Waals surface area contributed by atoms with Crippen molar-refractivity contribution >= 4 is 43.2 Å². The average molecular weight is 317 g/mol. The molecular formula is C7H8Br2FNS. The smallest absolute Gasteiger partial charge is 0.0912 e. The van der Waals surface area contributed by atoms with Crippen molar-refractivity contribution in [2.24, 2.45) is 5.73 Å². The van der Waals surface area contributed by atoms with Gasteiger partial charge in [0, 0.05) is 15.4 Å². The lowest BCUT2D eigenvalue weighted by molar-refractivity contribution is 0.444. The molecule has 1 aromatic heterocycles. The molecule has 1 nitrogen and oxygen atoms in total. The van der Waals surface area contributed by atoms with Gasteiger partial charge in [0.15, 0.2) is 0 Å². The maximum absolute atomic E-state index is 11.9. The minimum atomic E-state index is -0.367. The average Bonchev–Trinajstić information content (AvgIpc) is 2.33. The molecule has 1 rings (SSSR count). The van der Waals surface area contributed by atoms with E-state index in [0.29, 0.717) is 6.42 Å². The molecule has 0 aliphatic carbocycles. The van der Waals surface area contributed by atoms with Gasteiger partial charge in [-0.3, -0.25) is 4.39 Å². The first kappa shape index (κ1) is 10.6. The quantitative estimate of drug-likeness (QED) is 0.905. The normalized spacial score (nSPS) is 13.3. The molecule has 0 radical (unpaired) electrons. The summed E-state index contributed by atoms with van der Waals surface area (Å²) in [5, 5.41) is 0. The van der Waals surface area contributed by atoms with Crippen LogP contribution < -0.4 is 5.73 Å². The highest BCUT2D eigenvalue weighted by Crippen LogP contribution is 2.35. The van der Waals surface area contributed by atoms with E-state index in [0.717, 1.165) is 13.1 Å². The molecule has 0 aliphatic rings. The lowest BCUT2D eigenvalue weighted by atomic mass is 10.2. The third-order valence-electron chi connectivity index (χ3n) is 1.45. The van der Waals surface area contributed by atoms with Gasteiger partial charge in [-0.25, -0.2) is 0 Å². The number of nitrogens with two attached hydrogens (primary N) is 1. The Hall–Kier alpha value is 0.550. The van der Waals surface area contributed by atoms with E-state index in [4.69, 9.17) is 5.73 Å². The predicted molar refractivity (Wildman–Crippen MR) is 57.2 cm³/mol. The fourth-order valence-corrected chi connectivity index (χ4v) is 2.93. The molecule has 0 aliphatic heterocycles. The van der Waals surface area contributed by atoms with Crippen molar-refractivity contribution in [3.8, 4) is 0 Å². The van der Waals surface area contributed by atoms with E-state index >= 15 is 0 Å². The van der Waals surface area contributed by atoms with E-state index < -0.39 is 0 Å². The Kier molecular flexibility index (Phi) is 4.16. The molecule has 0 unspecified atom stereocenters. The Morgan fingerprint density at radius 2 is 2.25 bits per heavy atom. The van der Waals surface area contributed by atoms with Crippen molar-refractivity contribution in [2.75, 3.05) is 6.67 Å². The third-order valence-corrected chi connectivity index (χ3v) is 4.84. The van der Waals surface area contributed by atoms with Gasteiger partial charge in [0.05, 0.1) is 10.5 Å². The zero-order valence-corrected chi connectivity index (χ0v) is 10.2. The molecule has 1 heterocycles. The van der Waals surface area contributed by atoms with E-state index in [-0.39, 0.29) is 12.7 Å². The SMILES string of the molecule is N[C@@H](CCF)c1cc(Br)c(Br)s1. The van der Waals surface area contributed by atoms with Gasteiger partial charge in [-0.05, 0) is 44.3 Å². The molecule has 68 valence electrons. The van der Waals surface area contributed by atoms with Gasteiger partial charge >= 0.3 is 0 Å². The number of halogens is 3. The van der Waals surface area contributed by atoms with Crippen LogP contribution in [0.3, 0.4) is 0 Å². The molecule has 0 bridgehead atoms. The number of hydrogen-bond acceptors (Lipinski definition) is 2. The molecule has 12 heavy (non-hydrogen) atoms. The van der Waals surface area contributed by atoms with E-state index in [1.807, 2.05) is 6.07 Å². The fraction of sp³-hybridized carbons (Fsp3) is 0.429. The van der Waals surface area contributed by atoms with Crippen LogP contribution in [0.2, 0.25) is 0 Å². The van der Waals surface area contributed by atoms with Gasteiger partial charge in [0.25, 0.3) is 0 Å². The number of thiophene rings is 1. The van der Waals surface area contributed by atoms with Crippen LogP contribution in [0.15, 0.2) is 14.3 Å². The Morgan fingerprint density at radius 3 is 2.67 bits per heavy atom. The second kappa shape index (κ2) is 4.69. The lowest BCUT2D eigenvalue weighted by Gasteiger charge is -2.04. The van der Waals surface area contributed by atoms with Crippen molar-refractivity contribution in [3.05, 3.63) is 19.2 Å². The summed E-state index contributed by atoms with van der Waals surface area (Å²) in [6, 6.07) is 1.75. The molecule has 5 heteroatoms. The lowest BCUT2D eigenvalue weighted by Crippen LogP contribution is -2.08. The summed E-state index contributed by atoms with van der Waals surface area (Å²) in [5.74, 6) is 0. The van der Waals surface area contributed by atoms with Crippen LogP contribution in [0, 0.1) is 0 Å². The topological polar surface area (TPSA) is 26.0 Å². The minimum Gasteiger partial charge on any atom is -0.323 e. The maximum Gasteiger partial charge on any atom is 0.0912 e. The van der Waals surface area contributed by atoms with E-state index in [1.165, 1.54) is 0 Å². The monoisotopic (exact) mass is 315 g/mol. The molecular weight excluding hydrogens is 309 g/mol.